The fourth-order valence-electron chi connectivity index (χ4n) is 2.02. The Morgan fingerprint density at radius 1 is 1.40 bits per heavy atom. The molecule has 0 saturated heterocycles. The molecule has 0 fully saturated rings. The maximum atomic E-state index is 11.1. The first kappa shape index (κ1) is 16.1. The lowest BCUT2D eigenvalue weighted by atomic mass is 10.0. The number of hydrogen-bond acceptors (Lipinski definition) is 4. The zero-order chi connectivity index (χ0) is 15.1. The number of nitro groups is 1. The van der Waals surface area contributed by atoms with Gasteiger partial charge in [0.15, 0.2) is 0 Å². The van der Waals surface area contributed by atoms with Gasteiger partial charge in [-0.2, -0.15) is 0 Å². The molecule has 0 aromatic heterocycles. The SMILES string of the molecule is CC(C)CC(NCCc1ccccc1[N+](=O)[O-])C(=O)O. The van der Waals surface area contributed by atoms with Gasteiger partial charge in [-0.15, -0.1) is 0 Å². The van der Waals surface area contributed by atoms with Gasteiger partial charge in [-0.05, 0) is 18.8 Å². The van der Waals surface area contributed by atoms with E-state index in [4.69, 9.17) is 5.11 Å². The third-order valence-corrected chi connectivity index (χ3v) is 2.98. The van der Waals surface area contributed by atoms with E-state index in [0.717, 1.165) is 0 Å². The Balaban J connectivity index is 2.59. The number of nitrogens with one attached hydrogen (secondary N) is 1. The molecule has 20 heavy (non-hydrogen) atoms. The summed E-state index contributed by atoms with van der Waals surface area (Å²) in [5.41, 5.74) is 0.684. The van der Waals surface area contributed by atoms with Crippen molar-refractivity contribution in [2.75, 3.05) is 6.54 Å². The van der Waals surface area contributed by atoms with E-state index in [2.05, 4.69) is 5.32 Å². The van der Waals surface area contributed by atoms with Gasteiger partial charge in [0.2, 0.25) is 0 Å². The van der Waals surface area contributed by atoms with E-state index in [-0.39, 0.29) is 11.6 Å². The van der Waals surface area contributed by atoms with Crippen molar-refractivity contribution in [3.63, 3.8) is 0 Å². The number of aliphatic carboxylic acids is 1. The molecule has 1 aromatic carbocycles. The predicted octanol–water partition coefficient (Wildman–Crippen LogP) is 2.23. The molecule has 110 valence electrons. The molecule has 0 radical (unpaired) electrons. The summed E-state index contributed by atoms with van der Waals surface area (Å²) >= 11 is 0. The standard InChI is InChI=1S/C14H20N2O4/c1-10(2)9-12(14(17)18)15-8-7-11-5-3-4-6-13(11)16(19)20/h3-6,10,12,15H,7-9H2,1-2H3,(H,17,18). The van der Waals surface area contributed by atoms with Crippen molar-refractivity contribution in [3.8, 4) is 0 Å². The van der Waals surface area contributed by atoms with E-state index in [0.29, 0.717) is 24.9 Å². The van der Waals surface area contributed by atoms with Crippen LogP contribution in [-0.2, 0) is 11.2 Å². The average Bonchev–Trinajstić information content (AvgIpc) is 2.37. The summed E-state index contributed by atoms with van der Waals surface area (Å²) in [5, 5.41) is 22.9. The Bertz CT molecular complexity index is 474. The molecule has 1 atom stereocenters. The highest BCUT2D eigenvalue weighted by atomic mass is 16.6. The number of nitro benzene ring substituents is 1. The Morgan fingerprint density at radius 2 is 2.05 bits per heavy atom. The van der Waals surface area contributed by atoms with Crippen LogP contribution in [0.4, 0.5) is 5.69 Å². The van der Waals surface area contributed by atoms with Gasteiger partial charge in [-0.1, -0.05) is 32.0 Å². The van der Waals surface area contributed by atoms with Crippen LogP contribution in [0, 0.1) is 16.0 Å². The molecule has 0 saturated carbocycles. The Hall–Kier alpha value is -1.95. The maximum Gasteiger partial charge on any atom is 0.320 e. The normalized spacial score (nSPS) is 12.3. The Kier molecular flexibility index (Phi) is 6.11. The van der Waals surface area contributed by atoms with Crippen LogP contribution >= 0.6 is 0 Å². The number of nitrogens with zero attached hydrogens (tertiary/aromatic N) is 1. The van der Waals surface area contributed by atoms with Crippen LogP contribution in [0.25, 0.3) is 0 Å². The fraction of sp³-hybridized carbons (Fsp3) is 0.500. The molecule has 0 amide bonds. The molecule has 0 heterocycles. The highest BCUT2D eigenvalue weighted by Gasteiger charge is 2.18. The number of carboxylic acids is 1. The predicted molar refractivity (Wildman–Crippen MR) is 75.7 cm³/mol. The van der Waals surface area contributed by atoms with E-state index >= 15 is 0 Å². The number of benzene rings is 1. The van der Waals surface area contributed by atoms with E-state index in [9.17, 15) is 14.9 Å². The number of carbonyl (C=O) groups is 1. The van der Waals surface area contributed by atoms with Gasteiger partial charge in [0.25, 0.3) is 5.69 Å². The monoisotopic (exact) mass is 280 g/mol. The van der Waals surface area contributed by atoms with Crippen molar-refractivity contribution in [2.24, 2.45) is 5.92 Å². The van der Waals surface area contributed by atoms with Crippen LogP contribution in [0.15, 0.2) is 24.3 Å². The summed E-state index contributed by atoms with van der Waals surface area (Å²) in [6.45, 7) is 4.31. The number of para-hydroxylation sites is 1. The third-order valence-electron chi connectivity index (χ3n) is 2.98. The minimum Gasteiger partial charge on any atom is -0.480 e. The molecule has 0 aliphatic heterocycles. The lowest BCUT2D eigenvalue weighted by Gasteiger charge is -2.16. The van der Waals surface area contributed by atoms with Crippen LogP contribution in [0.1, 0.15) is 25.8 Å². The maximum absolute atomic E-state index is 11.1. The second-order valence-electron chi connectivity index (χ2n) is 5.11. The number of hydrogen-bond donors (Lipinski definition) is 2. The van der Waals surface area contributed by atoms with E-state index < -0.39 is 16.9 Å². The molecule has 1 rings (SSSR count). The van der Waals surface area contributed by atoms with E-state index in [1.54, 1.807) is 18.2 Å². The minimum absolute atomic E-state index is 0.0741. The first-order chi connectivity index (χ1) is 9.41. The van der Waals surface area contributed by atoms with Gasteiger partial charge in [-0.3, -0.25) is 14.9 Å². The van der Waals surface area contributed by atoms with Crippen molar-refractivity contribution in [1.29, 1.82) is 0 Å². The molecule has 0 spiro atoms. The summed E-state index contributed by atoms with van der Waals surface area (Å²) < 4.78 is 0. The lowest BCUT2D eigenvalue weighted by molar-refractivity contribution is -0.385. The summed E-state index contributed by atoms with van der Waals surface area (Å²) in [6, 6.07) is 5.90. The molecule has 0 aliphatic carbocycles. The zero-order valence-electron chi connectivity index (χ0n) is 11.7. The molecule has 1 aromatic rings. The molecule has 1 unspecified atom stereocenters. The van der Waals surface area contributed by atoms with Gasteiger partial charge in [0, 0.05) is 18.2 Å². The molecule has 0 aliphatic rings. The van der Waals surface area contributed by atoms with Gasteiger partial charge >= 0.3 is 5.97 Å². The van der Waals surface area contributed by atoms with Crippen molar-refractivity contribution in [1.82, 2.24) is 5.32 Å². The largest absolute Gasteiger partial charge is 0.480 e. The van der Waals surface area contributed by atoms with Crippen molar-refractivity contribution >= 4 is 11.7 Å². The van der Waals surface area contributed by atoms with Gasteiger partial charge in [-0.25, -0.2) is 0 Å². The van der Waals surface area contributed by atoms with Crippen LogP contribution in [0.2, 0.25) is 0 Å². The second-order valence-corrected chi connectivity index (χ2v) is 5.11. The summed E-state index contributed by atoms with van der Waals surface area (Å²) in [7, 11) is 0. The quantitative estimate of drug-likeness (QED) is 0.562. The number of rotatable bonds is 8. The molecule has 0 bridgehead atoms. The minimum atomic E-state index is -0.888. The Morgan fingerprint density at radius 3 is 2.60 bits per heavy atom. The fourth-order valence-corrected chi connectivity index (χ4v) is 2.02. The van der Waals surface area contributed by atoms with Gasteiger partial charge < -0.3 is 10.4 Å². The summed E-state index contributed by atoms with van der Waals surface area (Å²) in [6.07, 6.45) is 0.964. The van der Waals surface area contributed by atoms with Crippen molar-refractivity contribution in [2.45, 2.75) is 32.7 Å². The summed E-state index contributed by atoms with van der Waals surface area (Å²) in [5.74, 6) is -0.615. The highest BCUT2D eigenvalue weighted by Crippen LogP contribution is 2.17. The molecule has 6 heteroatoms. The van der Waals surface area contributed by atoms with Crippen LogP contribution < -0.4 is 5.32 Å². The number of carboxylic acid groups (broad SMARTS) is 1. The van der Waals surface area contributed by atoms with Crippen LogP contribution in [0.5, 0.6) is 0 Å². The van der Waals surface area contributed by atoms with E-state index in [1.165, 1.54) is 6.07 Å². The van der Waals surface area contributed by atoms with Gasteiger partial charge in [0.1, 0.15) is 6.04 Å². The molecular weight excluding hydrogens is 260 g/mol. The first-order valence-electron chi connectivity index (χ1n) is 6.60. The van der Waals surface area contributed by atoms with Crippen molar-refractivity contribution < 1.29 is 14.8 Å². The molecule has 2 N–H and O–H groups in total. The van der Waals surface area contributed by atoms with E-state index in [1.807, 2.05) is 13.8 Å². The summed E-state index contributed by atoms with van der Waals surface area (Å²) in [4.78, 5) is 21.5. The Labute approximate surface area is 118 Å². The zero-order valence-corrected chi connectivity index (χ0v) is 11.7. The van der Waals surface area contributed by atoms with Crippen molar-refractivity contribution in [3.05, 3.63) is 39.9 Å². The van der Waals surface area contributed by atoms with Crippen LogP contribution in [-0.4, -0.2) is 28.6 Å². The first-order valence-corrected chi connectivity index (χ1v) is 6.60. The second kappa shape index (κ2) is 7.59. The van der Waals surface area contributed by atoms with Gasteiger partial charge in [0.05, 0.1) is 4.92 Å². The van der Waals surface area contributed by atoms with Crippen LogP contribution in [0.3, 0.4) is 0 Å². The topological polar surface area (TPSA) is 92.5 Å². The molecular formula is C14H20N2O4. The lowest BCUT2D eigenvalue weighted by Crippen LogP contribution is -2.38. The smallest absolute Gasteiger partial charge is 0.320 e. The average molecular weight is 280 g/mol. The third kappa shape index (κ3) is 4.97. The molecule has 6 nitrogen and oxygen atoms in total. The highest BCUT2D eigenvalue weighted by molar-refractivity contribution is 5.73.